The normalized spacial score (nSPS) is 16.6. The Kier molecular flexibility index (Phi) is 6.63. The van der Waals surface area contributed by atoms with Crippen LogP contribution in [0.1, 0.15) is 21.6 Å². The highest BCUT2D eigenvalue weighted by molar-refractivity contribution is 8.24. The zero-order valence-corrected chi connectivity index (χ0v) is 20.7. The van der Waals surface area contributed by atoms with Crippen LogP contribution in [0.4, 0.5) is 8.78 Å². The third-order valence-electron chi connectivity index (χ3n) is 6.45. The summed E-state index contributed by atoms with van der Waals surface area (Å²) in [7, 11) is -2.60. The molecular formula is C26H24F2N4O4S. The molecule has 0 unspecified atom stereocenters. The van der Waals surface area contributed by atoms with Gasteiger partial charge in [0.1, 0.15) is 11.6 Å². The number of aromatic carboxylic acids is 1. The molecule has 0 bridgehead atoms. The van der Waals surface area contributed by atoms with E-state index in [0.717, 1.165) is 0 Å². The maximum Gasteiger partial charge on any atom is 0.354 e. The van der Waals surface area contributed by atoms with Crippen molar-refractivity contribution in [3.63, 3.8) is 0 Å². The average molecular weight is 527 g/mol. The summed E-state index contributed by atoms with van der Waals surface area (Å²) in [6.07, 6.45) is 2.95. The van der Waals surface area contributed by atoms with Crippen LogP contribution in [0.15, 0.2) is 48.8 Å². The van der Waals surface area contributed by atoms with Crippen LogP contribution < -0.4 is 0 Å². The van der Waals surface area contributed by atoms with Crippen LogP contribution in [0.25, 0.3) is 33.4 Å². The van der Waals surface area contributed by atoms with Gasteiger partial charge in [-0.25, -0.2) is 23.5 Å². The van der Waals surface area contributed by atoms with E-state index in [9.17, 15) is 19.0 Å². The summed E-state index contributed by atoms with van der Waals surface area (Å²) in [4.78, 5) is 26.2. The Labute approximate surface area is 213 Å². The molecule has 1 saturated heterocycles. The first-order chi connectivity index (χ1) is 17.6. The van der Waals surface area contributed by atoms with Crippen molar-refractivity contribution in [3.8, 4) is 22.4 Å². The van der Waals surface area contributed by atoms with Gasteiger partial charge >= 0.3 is 5.97 Å². The molecule has 1 aliphatic rings. The number of carboxylic acid groups (broad SMARTS) is 1. The number of para-hydroxylation sites is 1. The van der Waals surface area contributed by atoms with Gasteiger partial charge in [-0.05, 0) is 42.3 Å². The molecule has 0 atom stereocenters. The standard InChI is InChI=1S/C26H24F2N4O4S/c1-15-9-17(12-30-24(15)26(33)34)23-13-29-22-4-2-3-18(25(22)31-23)16-10-20(27)19(21(28)11-16)14-32-5-7-37(35,36)8-6-32/h2-4,9-13,35-36H,5-8,14H2,1H3,(H,33,34). The molecule has 0 aliphatic carbocycles. The van der Waals surface area contributed by atoms with E-state index in [-0.39, 0.29) is 29.3 Å². The minimum absolute atomic E-state index is 0.0334. The Hall–Kier alpha value is -3.51. The Bertz CT molecular complexity index is 1500. The first-order valence-corrected chi connectivity index (χ1v) is 13.4. The zero-order valence-electron chi connectivity index (χ0n) is 19.9. The predicted octanol–water partition coefficient (Wildman–Crippen LogP) is 5.21. The molecule has 0 amide bonds. The molecule has 0 radical (unpaired) electrons. The smallest absolute Gasteiger partial charge is 0.354 e. The van der Waals surface area contributed by atoms with Crippen molar-refractivity contribution in [1.82, 2.24) is 19.9 Å². The number of carboxylic acids is 1. The van der Waals surface area contributed by atoms with Gasteiger partial charge < -0.3 is 5.11 Å². The molecule has 1 aliphatic heterocycles. The van der Waals surface area contributed by atoms with Crippen molar-refractivity contribution in [2.24, 2.45) is 0 Å². The molecule has 192 valence electrons. The summed E-state index contributed by atoms with van der Waals surface area (Å²) < 4.78 is 49.9. The minimum atomic E-state index is -2.60. The first kappa shape index (κ1) is 25.2. The van der Waals surface area contributed by atoms with Crippen LogP contribution in [0.2, 0.25) is 0 Å². The molecule has 2 aromatic heterocycles. The van der Waals surface area contributed by atoms with E-state index < -0.39 is 28.2 Å². The van der Waals surface area contributed by atoms with Gasteiger partial charge in [0, 0.05) is 42.5 Å². The summed E-state index contributed by atoms with van der Waals surface area (Å²) in [6, 6.07) is 9.38. The summed E-state index contributed by atoms with van der Waals surface area (Å²) in [5.41, 5.74) is 3.13. The number of hydrogen-bond acceptors (Lipinski definition) is 7. The molecule has 1 fully saturated rings. The van der Waals surface area contributed by atoms with Crippen LogP contribution in [-0.2, 0) is 6.54 Å². The topological polar surface area (TPSA) is 120 Å². The van der Waals surface area contributed by atoms with Crippen LogP contribution in [-0.4, -0.2) is 64.6 Å². The molecule has 4 aromatic rings. The molecule has 11 heteroatoms. The highest BCUT2D eigenvalue weighted by atomic mass is 32.3. The van der Waals surface area contributed by atoms with E-state index in [1.807, 2.05) is 0 Å². The van der Waals surface area contributed by atoms with Crippen molar-refractivity contribution in [3.05, 3.63) is 77.2 Å². The Morgan fingerprint density at radius 2 is 1.73 bits per heavy atom. The number of fused-ring (bicyclic) bond motifs is 1. The van der Waals surface area contributed by atoms with E-state index in [1.165, 1.54) is 18.3 Å². The number of pyridine rings is 1. The molecule has 2 aromatic carbocycles. The lowest BCUT2D eigenvalue weighted by atomic mass is 10.0. The van der Waals surface area contributed by atoms with E-state index in [1.54, 1.807) is 42.3 Å². The molecule has 37 heavy (non-hydrogen) atoms. The average Bonchev–Trinajstić information content (AvgIpc) is 2.86. The van der Waals surface area contributed by atoms with Gasteiger partial charge in [-0.1, -0.05) is 12.1 Å². The van der Waals surface area contributed by atoms with E-state index in [4.69, 9.17) is 0 Å². The fourth-order valence-electron chi connectivity index (χ4n) is 4.40. The van der Waals surface area contributed by atoms with Gasteiger partial charge in [-0.2, -0.15) is 10.6 Å². The highest BCUT2D eigenvalue weighted by Crippen LogP contribution is 2.40. The number of nitrogens with zero attached hydrogens (tertiary/aromatic N) is 4. The SMILES string of the molecule is Cc1cc(-c2cnc3cccc(-c4cc(F)c(CN5CCS(O)(O)CC5)c(F)c4)c3n2)cnc1C(=O)O. The first-order valence-electron chi connectivity index (χ1n) is 11.5. The number of rotatable bonds is 5. The van der Waals surface area contributed by atoms with Gasteiger partial charge in [0.05, 0.1) is 34.4 Å². The largest absolute Gasteiger partial charge is 0.477 e. The quantitative estimate of drug-likeness (QED) is 0.324. The van der Waals surface area contributed by atoms with Crippen molar-refractivity contribution >= 4 is 27.6 Å². The summed E-state index contributed by atoms with van der Waals surface area (Å²) in [6.45, 7) is 2.38. The minimum Gasteiger partial charge on any atom is -0.477 e. The number of hydrogen-bond donors (Lipinski definition) is 3. The van der Waals surface area contributed by atoms with Crippen molar-refractivity contribution < 1.29 is 27.8 Å². The number of halogens is 2. The fraction of sp³-hybridized carbons (Fsp3) is 0.231. The Morgan fingerprint density at radius 1 is 1.03 bits per heavy atom. The summed E-state index contributed by atoms with van der Waals surface area (Å²) >= 11 is 0. The number of aromatic nitrogens is 3. The van der Waals surface area contributed by atoms with Crippen molar-refractivity contribution in [1.29, 1.82) is 0 Å². The van der Waals surface area contributed by atoms with Crippen molar-refractivity contribution in [2.45, 2.75) is 13.5 Å². The second kappa shape index (κ2) is 9.75. The monoisotopic (exact) mass is 526 g/mol. The molecule has 8 nitrogen and oxygen atoms in total. The van der Waals surface area contributed by atoms with E-state index in [0.29, 0.717) is 52.1 Å². The third-order valence-corrected chi connectivity index (χ3v) is 8.12. The van der Waals surface area contributed by atoms with Gasteiger partial charge in [0.15, 0.2) is 5.69 Å². The predicted molar refractivity (Wildman–Crippen MR) is 138 cm³/mol. The maximum absolute atomic E-state index is 15.1. The molecule has 3 N–H and O–H groups in total. The highest BCUT2D eigenvalue weighted by Gasteiger charge is 2.24. The third kappa shape index (κ3) is 5.16. The summed E-state index contributed by atoms with van der Waals surface area (Å²) in [5.74, 6) is -2.13. The molecule has 0 spiro atoms. The molecular weight excluding hydrogens is 502 g/mol. The van der Waals surface area contributed by atoms with Gasteiger partial charge in [0.2, 0.25) is 0 Å². The number of carbonyl (C=O) groups is 1. The van der Waals surface area contributed by atoms with Gasteiger partial charge in [0.25, 0.3) is 0 Å². The lowest BCUT2D eigenvalue weighted by Crippen LogP contribution is -2.38. The van der Waals surface area contributed by atoms with Gasteiger partial charge in [-0.3, -0.25) is 19.0 Å². The van der Waals surface area contributed by atoms with E-state index in [2.05, 4.69) is 15.0 Å². The second-order valence-electron chi connectivity index (χ2n) is 9.03. The lowest BCUT2D eigenvalue weighted by Gasteiger charge is -2.41. The fourth-order valence-corrected chi connectivity index (χ4v) is 5.70. The molecule has 0 saturated carbocycles. The number of benzene rings is 2. The second-order valence-corrected chi connectivity index (χ2v) is 11.4. The zero-order chi connectivity index (χ0) is 26.3. The van der Waals surface area contributed by atoms with Crippen molar-refractivity contribution in [2.75, 3.05) is 24.6 Å². The Balaban J connectivity index is 1.50. The molecule has 5 rings (SSSR count). The number of aryl methyl sites for hydroxylation is 1. The van der Waals surface area contributed by atoms with Crippen LogP contribution in [0.3, 0.4) is 0 Å². The molecule has 3 heterocycles. The van der Waals surface area contributed by atoms with Crippen LogP contribution in [0, 0.1) is 18.6 Å². The summed E-state index contributed by atoms with van der Waals surface area (Å²) in [5, 5.41) is 9.23. The Morgan fingerprint density at radius 3 is 2.38 bits per heavy atom. The lowest BCUT2D eigenvalue weighted by molar-refractivity contribution is 0.0689. The van der Waals surface area contributed by atoms with E-state index >= 15 is 8.78 Å². The maximum atomic E-state index is 15.1. The van der Waals surface area contributed by atoms with Gasteiger partial charge in [-0.15, -0.1) is 0 Å². The van der Waals surface area contributed by atoms with Crippen LogP contribution in [0.5, 0.6) is 0 Å². The van der Waals surface area contributed by atoms with Crippen LogP contribution >= 0.6 is 10.6 Å².